The molecule has 1 fully saturated rings. The number of aryl methyl sites for hydroxylation is 1. The Labute approximate surface area is 164 Å². The fourth-order valence-electron chi connectivity index (χ4n) is 3.55. The van der Waals surface area contributed by atoms with E-state index in [1.165, 1.54) is 31.9 Å². The summed E-state index contributed by atoms with van der Waals surface area (Å²) in [6.07, 6.45) is 9.96. The summed E-state index contributed by atoms with van der Waals surface area (Å²) in [6.45, 7) is 5.29. The Hall–Kier alpha value is -2.76. The van der Waals surface area contributed by atoms with E-state index in [0.717, 1.165) is 47.8 Å². The number of aromatic nitrogens is 4. The third-order valence-corrected chi connectivity index (χ3v) is 5.28. The van der Waals surface area contributed by atoms with Crippen LogP contribution in [0.1, 0.15) is 59.4 Å². The minimum absolute atomic E-state index is 0.132. The molecule has 3 aromatic rings. The first kappa shape index (κ1) is 18.6. The average molecular weight is 380 g/mol. The van der Waals surface area contributed by atoms with Crippen LogP contribution in [0.2, 0.25) is 0 Å². The number of Topliss-reactive ketones (excluding diaryl/α,β-unsaturated/α-hetero) is 1. The molecule has 4 rings (SSSR count). The van der Waals surface area contributed by atoms with Gasteiger partial charge in [-0.2, -0.15) is 10.2 Å². The van der Waals surface area contributed by atoms with Crippen molar-refractivity contribution in [3.8, 4) is 0 Å². The van der Waals surface area contributed by atoms with Crippen molar-refractivity contribution in [2.24, 2.45) is 5.92 Å². The molecule has 5 nitrogen and oxygen atoms in total. The number of carbonyl (C=O) groups excluding carboxylic acids is 1. The van der Waals surface area contributed by atoms with E-state index in [0.29, 0.717) is 12.0 Å². The van der Waals surface area contributed by atoms with E-state index in [9.17, 15) is 9.18 Å². The quantitative estimate of drug-likeness (QED) is 0.555. The van der Waals surface area contributed by atoms with Gasteiger partial charge >= 0.3 is 0 Å². The lowest BCUT2D eigenvalue weighted by Crippen LogP contribution is -2.04. The minimum atomic E-state index is -0.392. The predicted octanol–water partition coefficient (Wildman–Crippen LogP) is 4.03. The molecule has 1 aromatic carbocycles. The predicted molar refractivity (Wildman–Crippen MR) is 105 cm³/mol. The second kappa shape index (κ2) is 7.70. The van der Waals surface area contributed by atoms with Crippen molar-refractivity contribution in [1.82, 2.24) is 19.6 Å². The molecule has 0 radical (unpaired) electrons. The number of nitrogens with zero attached hydrogens (tertiary/aromatic N) is 4. The van der Waals surface area contributed by atoms with Crippen LogP contribution in [0.5, 0.6) is 0 Å². The van der Waals surface area contributed by atoms with E-state index in [-0.39, 0.29) is 5.78 Å². The number of hydrogen-bond donors (Lipinski definition) is 0. The largest absolute Gasteiger partial charge is 0.294 e. The van der Waals surface area contributed by atoms with Crippen molar-refractivity contribution < 1.29 is 9.18 Å². The molecular weight excluding hydrogens is 355 g/mol. The van der Waals surface area contributed by atoms with Gasteiger partial charge in [-0.1, -0.05) is 6.07 Å². The van der Waals surface area contributed by atoms with Gasteiger partial charge in [0.05, 0.1) is 11.9 Å². The lowest BCUT2D eigenvalue weighted by molar-refractivity contribution is 0.101. The summed E-state index contributed by atoms with van der Waals surface area (Å²) < 4.78 is 17.5. The van der Waals surface area contributed by atoms with Crippen molar-refractivity contribution in [3.05, 3.63) is 70.6 Å². The SMILES string of the molecule is CCn1cc(Cc2cnn(CC3CC3)c2)c(Cc2ccc(F)cc2C(C)=O)n1. The monoisotopic (exact) mass is 380 g/mol. The highest BCUT2D eigenvalue weighted by atomic mass is 19.1. The van der Waals surface area contributed by atoms with E-state index < -0.39 is 5.82 Å². The van der Waals surface area contributed by atoms with Crippen LogP contribution in [-0.2, 0) is 25.9 Å². The molecule has 28 heavy (non-hydrogen) atoms. The second-order valence-corrected chi connectivity index (χ2v) is 7.68. The van der Waals surface area contributed by atoms with Crippen molar-refractivity contribution in [3.63, 3.8) is 0 Å². The molecule has 0 N–H and O–H groups in total. The Morgan fingerprint density at radius 1 is 1.18 bits per heavy atom. The highest BCUT2D eigenvalue weighted by molar-refractivity contribution is 5.95. The molecule has 2 aromatic heterocycles. The Kier molecular flexibility index (Phi) is 5.11. The van der Waals surface area contributed by atoms with E-state index in [2.05, 4.69) is 17.5 Å². The molecule has 0 bridgehead atoms. The molecule has 0 aliphatic heterocycles. The summed E-state index contributed by atoms with van der Waals surface area (Å²) in [4.78, 5) is 11.9. The third kappa shape index (κ3) is 4.21. The highest BCUT2D eigenvalue weighted by Gasteiger charge is 2.22. The van der Waals surface area contributed by atoms with Gasteiger partial charge in [0.1, 0.15) is 5.82 Å². The average Bonchev–Trinajstić information content (AvgIpc) is 3.24. The summed E-state index contributed by atoms with van der Waals surface area (Å²) >= 11 is 0. The fourth-order valence-corrected chi connectivity index (χ4v) is 3.55. The van der Waals surface area contributed by atoms with E-state index in [4.69, 9.17) is 5.10 Å². The van der Waals surface area contributed by atoms with Crippen LogP contribution in [0.3, 0.4) is 0 Å². The molecular formula is C22H25FN4O. The molecule has 146 valence electrons. The molecule has 1 aliphatic carbocycles. The Balaban J connectivity index is 1.58. The summed E-state index contributed by atoms with van der Waals surface area (Å²) in [5.74, 6) is 0.262. The van der Waals surface area contributed by atoms with E-state index >= 15 is 0 Å². The second-order valence-electron chi connectivity index (χ2n) is 7.68. The van der Waals surface area contributed by atoms with Crippen LogP contribution in [0.25, 0.3) is 0 Å². The van der Waals surface area contributed by atoms with Gasteiger partial charge in [-0.15, -0.1) is 0 Å². The first-order valence-electron chi connectivity index (χ1n) is 9.87. The van der Waals surface area contributed by atoms with Crippen LogP contribution in [0.4, 0.5) is 4.39 Å². The number of carbonyl (C=O) groups is 1. The van der Waals surface area contributed by atoms with E-state index in [1.54, 1.807) is 6.07 Å². The zero-order valence-corrected chi connectivity index (χ0v) is 16.4. The Bertz CT molecular complexity index is 1000. The number of rotatable bonds is 8. The standard InChI is InChI=1S/C22H25FN4O/c1-3-26-14-19(8-17-11-24-27(13-17)12-16-4-5-16)22(25-26)9-18-6-7-20(23)10-21(18)15(2)28/h6-7,10-11,13-14,16H,3-5,8-9,12H2,1-2H3. The van der Waals surface area contributed by atoms with Crippen LogP contribution in [0, 0.1) is 11.7 Å². The summed E-state index contributed by atoms with van der Waals surface area (Å²) in [5, 5.41) is 9.18. The Morgan fingerprint density at radius 3 is 2.71 bits per heavy atom. The number of halogens is 1. The van der Waals surface area contributed by atoms with Gasteiger partial charge < -0.3 is 0 Å². The summed E-state index contributed by atoms with van der Waals surface area (Å²) in [5.41, 5.74) is 4.43. The van der Waals surface area contributed by atoms with Crippen LogP contribution in [0.15, 0.2) is 36.8 Å². The summed E-state index contributed by atoms with van der Waals surface area (Å²) in [6, 6.07) is 4.41. The van der Waals surface area contributed by atoms with Crippen LogP contribution in [-0.4, -0.2) is 25.3 Å². The molecule has 0 atom stereocenters. The fraction of sp³-hybridized carbons (Fsp3) is 0.409. The zero-order chi connectivity index (χ0) is 19.7. The van der Waals surface area contributed by atoms with Gasteiger partial charge in [0.25, 0.3) is 0 Å². The van der Waals surface area contributed by atoms with Crippen LogP contribution < -0.4 is 0 Å². The smallest absolute Gasteiger partial charge is 0.160 e. The first-order chi connectivity index (χ1) is 13.5. The maximum Gasteiger partial charge on any atom is 0.160 e. The minimum Gasteiger partial charge on any atom is -0.294 e. The van der Waals surface area contributed by atoms with Crippen molar-refractivity contribution in [2.45, 2.75) is 52.6 Å². The lowest BCUT2D eigenvalue weighted by atomic mass is 9.97. The molecule has 6 heteroatoms. The van der Waals surface area contributed by atoms with Gasteiger partial charge in [-0.3, -0.25) is 14.2 Å². The van der Waals surface area contributed by atoms with E-state index in [1.807, 2.05) is 22.5 Å². The van der Waals surface area contributed by atoms with Gasteiger partial charge in [0.2, 0.25) is 0 Å². The lowest BCUT2D eigenvalue weighted by Gasteiger charge is -2.07. The molecule has 0 amide bonds. The topological polar surface area (TPSA) is 52.7 Å². The third-order valence-electron chi connectivity index (χ3n) is 5.28. The molecule has 0 unspecified atom stereocenters. The first-order valence-corrected chi connectivity index (χ1v) is 9.87. The normalized spacial score (nSPS) is 13.8. The van der Waals surface area contributed by atoms with Gasteiger partial charge in [-0.25, -0.2) is 4.39 Å². The molecule has 0 saturated heterocycles. The maximum absolute atomic E-state index is 13.6. The van der Waals surface area contributed by atoms with Gasteiger partial charge in [0.15, 0.2) is 5.78 Å². The van der Waals surface area contributed by atoms with Crippen LogP contribution >= 0.6 is 0 Å². The van der Waals surface area contributed by atoms with Crippen molar-refractivity contribution in [2.75, 3.05) is 0 Å². The van der Waals surface area contributed by atoms with Crippen molar-refractivity contribution in [1.29, 1.82) is 0 Å². The van der Waals surface area contributed by atoms with Crippen molar-refractivity contribution >= 4 is 5.78 Å². The number of ketones is 1. The van der Waals surface area contributed by atoms with Gasteiger partial charge in [-0.05, 0) is 61.4 Å². The zero-order valence-electron chi connectivity index (χ0n) is 16.4. The van der Waals surface area contributed by atoms with Gasteiger partial charge in [0, 0.05) is 43.9 Å². The Morgan fingerprint density at radius 2 is 2.00 bits per heavy atom. The summed E-state index contributed by atoms with van der Waals surface area (Å²) in [7, 11) is 0. The number of benzene rings is 1. The number of hydrogen-bond acceptors (Lipinski definition) is 3. The molecule has 1 saturated carbocycles. The molecule has 0 spiro atoms. The highest BCUT2D eigenvalue weighted by Crippen LogP contribution is 2.30. The molecule has 1 aliphatic rings. The molecule has 2 heterocycles. The maximum atomic E-state index is 13.6.